The van der Waals surface area contributed by atoms with Crippen molar-refractivity contribution in [3.8, 4) is 0 Å². The van der Waals surface area contributed by atoms with Crippen molar-refractivity contribution in [2.45, 2.75) is 82.4 Å². The SMILES string of the molecule is C=CCCCOC(=O)[C@@H]1[C@H]2C(=O)N([C@@H](CO)CC(C)C)C(C(=O)N(CC=C)c3cc(C)ccc3C)C23S[C@@H]1CC3C. The van der Waals surface area contributed by atoms with Crippen LogP contribution in [-0.2, 0) is 19.1 Å². The number of esters is 1. The third kappa shape index (κ3) is 5.50. The van der Waals surface area contributed by atoms with Gasteiger partial charge in [-0.2, -0.15) is 0 Å². The van der Waals surface area contributed by atoms with Crippen molar-refractivity contribution in [1.82, 2.24) is 4.90 Å². The van der Waals surface area contributed by atoms with Crippen LogP contribution in [0.15, 0.2) is 43.5 Å². The number of aryl methyl sites for hydroxylation is 2. The van der Waals surface area contributed by atoms with Gasteiger partial charge in [0, 0.05) is 17.5 Å². The normalized spacial score (nSPS) is 29.0. The number of hydrogen-bond donors (Lipinski definition) is 1. The molecule has 1 aromatic rings. The standard InChI is InChI=1S/C33H46N2O5S/c1-8-10-11-15-40-32(39)27-26-18-23(7)33(41-26)28(27)30(37)35(24(19-36)16-20(3)4)29(33)31(38)34(14-9-2)25-17-21(5)12-13-22(25)6/h8-9,12-13,17,20,23-24,26-29,36H,1-2,10-11,14-16,18-19H2,3-7H3/t23?,24-,26-,27+,28+,29?,33?/m1/s1. The Morgan fingerprint density at radius 3 is 2.63 bits per heavy atom. The molecule has 3 unspecified atom stereocenters. The van der Waals surface area contributed by atoms with Crippen LogP contribution in [0.3, 0.4) is 0 Å². The van der Waals surface area contributed by atoms with Gasteiger partial charge in [0.2, 0.25) is 5.91 Å². The monoisotopic (exact) mass is 582 g/mol. The Labute approximate surface area is 249 Å². The van der Waals surface area contributed by atoms with E-state index in [-0.39, 0.29) is 54.6 Å². The topological polar surface area (TPSA) is 87.1 Å². The number of unbranched alkanes of at least 4 members (excludes halogenated alkanes) is 1. The van der Waals surface area contributed by atoms with Crippen molar-refractivity contribution in [3.63, 3.8) is 0 Å². The fourth-order valence-electron chi connectivity index (χ4n) is 7.31. The van der Waals surface area contributed by atoms with Crippen LogP contribution in [0.2, 0.25) is 0 Å². The molecule has 3 aliphatic heterocycles. The van der Waals surface area contributed by atoms with Crippen LogP contribution in [-0.4, -0.2) is 69.6 Å². The Morgan fingerprint density at radius 2 is 2.00 bits per heavy atom. The summed E-state index contributed by atoms with van der Waals surface area (Å²) in [7, 11) is 0. The second-order valence-corrected chi connectivity index (χ2v) is 13.9. The van der Waals surface area contributed by atoms with Gasteiger partial charge in [0.25, 0.3) is 5.91 Å². The van der Waals surface area contributed by atoms with E-state index in [4.69, 9.17) is 4.74 Å². The molecule has 41 heavy (non-hydrogen) atoms. The minimum atomic E-state index is -0.820. The summed E-state index contributed by atoms with van der Waals surface area (Å²) >= 11 is 1.63. The number of rotatable bonds is 13. The van der Waals surface area contributed by atoms with E-state index < -0.39 is 28.7 Å². The Kier molecular flexibility index (Phi) is 9.74. The van der Waals surface area contributed by atoms with Crippen LogP contribution in [0.5, 0.6) is 0 Å². The molecule has 1 spiro atoms. The molecule has 0 aliphatic carbocycles. The predicted octanol–water partition coefficient (Wildman–Crippen LogP) is 5.08. The number of amides is 2. The summed E-state index contributed by atoms with van der Waals surface area (Å²) in [6, 6.07) is 4.66. The van der Waals surface area contributed by atoms with Crippen molar-refractivity contribution in [2.24, 2.45) is 23.7 Å². The van der Waals surface area contributed by atoms with E-state index in [2.05, 4.69) is 20.1 Å². The van der Waals surface area contributed by atoms with Gasteiger partial charge in [-0.1, -0.05) is 45.1 Å². The molecule has 2 bridgehead atoms. The number of aliphatic hydroxyl groups is 1. The number of thioether (sulfide) groups is 1. The molecule has 8 heteroatoms. The lowest BCUT2D eigenvalue weighted by atomic mass is 9.66. The highest BCUT2D eigenvalue weighted by molar-refractivity contribution is 8.02. The maximum Gasteiger partial charge on any atom is 0.310 e. The first kappa shape index (κ1) is 31.4. The molecule has 7 nitrogen and oxygen atoms in total. The number of allylic oxidation sites excluding steroid dienone is 1. The van der Waals surface area contributed by atoms with Crippen molar-refractivity contribution >= 4 is 35.2 Å². The van der Waals surface area contributed by atoms with Crippen molar-refractivity contribution in [1.29, 1.82) is 0 Å². The molecule has 3 saturated heterocycles. The fraction of sp³-hybridized carbons (Fsp3) is 0.606. The average molecular weight is 583 g/mol. The van der Waals surface area contributed by atoms with Crippen molar-refractivity contribution in [2.75, 3.05) is 24.7 Å². The number of carbonyl (C=O) groups excluding carboxylic acids is 3. The van der Waals surface area contributed by atoms with E-state index in [1.54, 1.807) is 33.7 Å². The summed E-state index contributed by atoms with van der Waals surface area (Å²) in [6.45, 7) is 18.1. The first-order valence-electron chi connectivity index (χ1n) is 14.9. The van der Waals surface area contributed by atoms with Gasteiger partial charge in [-0.25, -0.2) is 0 Å². The number of nitrogens with zero attached hydrogens (tertiary/aromatic N) is 2. The van der Waals surface area contributed by atoms with Gasteiger partial charge >= 0.3 is 5.97 Å². The summed E-state index contributed by atoms with van der Waals surface area (Å²) in [5.74, 6) is -1.81. The average Bonchev–Trinajstić information content (AvgIpc) is 3.53. The second-order valence-electron chi connectivity index (χ2n) is 12.4. The van der Waals surface area contributed by atoms with Gasteiger partial charge in [-0.15, -0.1) is 24.9 Å². The maximum atomic E-state index is 14.9. The molecule has 3 aliphatic rings. The van der Waals surface area contributed by atoms with Crippen LogP contribution >= 0.6 is 11.8 Å². The second kappa shape index (κ2) is 12.7. The number of ether oxygens (including phenoxy) is 1. The van der Waals surface area contributed by atoms with E-state index in [0.717, 1.165) is 29.7 Å². The van der Waals surface area contributed by atoms with Gasteiger partial charge < -0.3 is 19.6 Å². The van der Waals surface area contributed by atoms with Gasteiger partial charge in [-0.05, 0) is 68.6 Å². The van der Waals surface area contributed by atoms with Gasteiger partial charge in [0.15, 0.2) is 0 Å². The van der Waals surface area contributed by atoms with Gasteiger partial charge in [0.05, 0.1) is 35.8 Å². The Bertz CT molecular complexity index is 1180. The molecule has 7 atom stereocenters. The molecule has 4 rings (SSSR count). The molecular weight excluding hydrogens is 536 g/mol. The minimum Gasteiger partial charge on any atom is -0.465 e. The number of hydrogen-bond acceptors (Lipinski definition) is 6. The lowest BCUT2D eigenvalue weighted by molar-refractivity contribution is -0.155. The Balaban J connectivity index is 1.82. The largest absolute Gasteiger partial charge is 0.465 e. The maximum absolute atomic E-state index is 14.9. The zero-order valence-corrected chi connectivity index (χ0v) is 26.0. The van der Waals surface area contributed by atoms with E-state index in [1.807, 2.05) is 45.9 Å². The zero-order valence-electron chi connectivity index (χ0n) is 25.2. The summed E-state index contributed by atoms with van der Waals surface area (Å²) < 4.78 is 4.92. The molecule has 1 aromatic carbocycles. The molecule has 3 heterocycles. The van der Waals surface area contributed by atoms with E-state index in [1.165, 1.54) is 0 Å². The van der Waals surface area contributed by atoms with Crippen molar-refractivity contribution < 1.29 is 24.2 Å². The highest BCUT2D eigenvalue weighted by Crippen LogP contribution is 2.69. The number of benzene rings is 1. The minimum absolute atomic E-state index is 0.0257. The predicted molar refractivity (Wildman–Crippen MR) is 165 cm³/mol. The highest BCUT2D eigenvalue weighted by atomic mass is 32.2. The lowest BCUT2D eigenvalue weighted by Crippen LogP contribution is -2.59. The van der Waals surface area contributed by atoms with E-state index in [9.17, 15) is 19.5 Å². The van der Waals surface area contributed by atoms with E-state index >= 15 is 0 Å². The third-order valence-corrected chi connectivity index (χ3v) is 11.1. The zero-order chi connectivity index (χ0) is 30.1. The number of aliphatic hydroxyl groups excluding tert-OH is 1. The van der Waals surface area contributed by atoms with Gasteiger partial charge in [0.1, 0.15) is 6.04 Å². The molecule has 1 N–H and O–H groups in total. The quantitative estimate of drug-likeness (QED) is 0.198. The lowest BCUT2D eigenvalue weighted by Gasteiger charge is -2.42. The summed E-state index contributed by atoms with van der Waals surface area (Å²) in [6.07, 6.45) is 6.21. The van der Waals surface area contributed by atoms with Crippen LogP contribution in [0.4, 0.5) is 5.69 Å². The fourth-order valence-corrected chi connectivity index (χ4v) is 9.70. The van der Waals surface area contributed by atoms with Gasteiger partial charge in [-0.3, -0.25) is 14.4 Å². The Morgan fingerprint density at radius 1 is 1.27 bits per heavy atom. The molecule has 2 amide bonds. The summed E-state index contributed by atoms with van der Waals surface area (Å²) in [4.78, 5) is 46.4. The smallest absolute Gasteiger partial charge is 0.310 e. The summed E-state index contributed by atoms with van der Waals surface area (Å²) in [5.41, 5.74) is 2.77. The Hall–Kier alpha value is -2.58. The highest BCUT2D eigenvalue weighted by Gasteiger charge is 2.77. The first-order chi connectivity index (χ1) is 19.5. The van der Waals surface area contributed by atoms with Crippen LogP contribution in [0, 0.1) is 37.5 Å². The number of fused-ring (bicyclic) bond motifs is 1. The molecular formula is C33H46N2O5S. The molecule has 224 valence electrons. The number of anilines is 1. The van der Waals surface area contributed by atoms with Crippen molar-refractivity contribution in [3.05, 3.63) is 54.6 Å². The molecule has 3 fully saturated rings. The van der Waals surface area contributed by atoms with Crippen LogP contribution < -0.4 is 4.90 Å². The molecule has 0 saturated carbocycles. The van der Waals surface area contributed by atoms with Crippen LogP contribution in [0.1, 0.15) is 57.6 Å². The van der Waals surface area contributed by atoms with E-state index in [0.29, 0.717) is 12.8 Å². The first-order valence-corrected chi connectivity index (χ1v) is 15.8. The van der Waals surface area contributed by atoms with Crippen LogP contribution in [0.25, 0.3) is 0 Å². The molecule has 0 radical (unpaired) electrons. The third-order valence-electron chi connectivity index (χ3n) is 9.07. The number of likely N-dealkylation sites (tertiary alicyclic amines) is 1. The molecule has 0 aromatic heterocycles. The number of carbonyl (C=O) groups is 3. The summed E-state index contributed by atoms with van der Waals surface area (Å²) in [5, 5.41) is 10.5.